The molecule has 0 saturated carbocycles. The van der Waals surface area contributed by atoms with Gasteiger partial charge in [0.1, 0.15) is 11.1 Å². The Labute approximate surface area is 165 Å². The van der Waals surface area contributed by atoms with Gasteiger partial charge in [-0.3, -0.25) is 4.79 Å². The Hall–Kier alpha value is -1.03. The molecule has 0 amide bonds. The van der Waals surface area contributed by atoms with Crippen molar-refractivity contribution in [1.29, 1.82) is 0 Å². The van der Waals surface area contributed by atoms with Gasteiger partial charge in [0.2, 0.25) is 0 Å². The number of carboxylic acids is 1. The number of nitrogens with zero attached hydrogens (tertiary/aromatic N) is 2. The largest absolute Gasteiger partial charge is 0.498 e. The second-order valence-corrected chi connectivity index (χ2v) is 7.55. The first-order valence-corrected chi connectivity index (χ1v) is 9.10. The number of carboxylic acid groups (broad SMARTS) is 1. The molecule has 2 rings (SSSR count). The number of aromatic nitrogens is 2. The summed E-state index contributed by atoms with van der Waals surface area (Å²) in [6, 6.07) is 0. The normalized spacial score (nSPS) is 23.8. The number of allylic oxidation sites excluding steroid dienone is 3. The number of ether oxygens (including phenoxy) is 1. The van der Waals surface area contributed by atoms with E-state index in [1.165, 1.54) is 17.0 Å². The minimum absolute atomic E-state index is 0.0930. The maximum absolute atomic E-state index is 13.5. The molecule has 0 spiro atoms. The first kappa shape index (κ1) is 21.3. The standard InChI is InChI=1S/C14H12Cl3F3N2O3S/c1-25-10-9(15)7(4-13(17,11(10)16)14(18,19)20)5-22-3-2-21-12(22)26-6-8(23)24/h2-4,9H,5-6H2,1H3,(H,23,24). The van der Waals surface area contributed by atoms with Gasteiger partial charge in [0.25, 0.3) is 0 Å². The van der Waals surface area contributed by atoms with Crippen molar-refractivity contribution in [3.05, 3.63) is 34.8 Å². The molecule has 0 radical (unpaired) electrons. The number of thioether (sulfide) groups is 1. The van der Waals surface area contributed by atoms with Crippen LogP contribution >= 0.6 is 46.6 Å². The summed E-state index contributed by atoms with van der Waals surface area (Å²) >= 11 is 18.7. The van der Waals surface area contributed by atoms with Gasteiger partial charge in [-0.05, 0) is 11.6 Å². The lowest BCUT2D eigenvalue weighted by atomic mass is 9.93. The Morgan fingerprint density at radius 1 is 1.54 bits per heavy atom. The lowest BCUT2D eigenvalue weighted by molar-refractivity contribution is -0.141. The second kappa shape index (κ2) is 7.92. The first-order valence-electron chi connectivity index (χ1n) is 6.92. The summed E-state index contributed by atoms with van der Waals surface area (Å²) in [5.74, 6) is -1.60. The van der Waals surface area contributed by atoms with Gasteiger partial charge >= 0.3 is 12.1 Å². The molecule has 0 saturated heterocycles. The van der Waals surface area contributed by atoms with Gasteiger partial charge in [-0.2, -0.15) is 13.2 Å². The fourth-order valence-electron chi connectivity index (χ4n) is 2.26. The fourth-order valence-corrected chi connectivity index (χ4v) is 3.90. The quantitative estimate of drug-likeness (QED) is 0.398. The van der Waals surface area contributed by atoms with Crippen LogP contribution < -0.4 is 0 Å². The maximum atomic E-state index is 13.5. The zero-order valence-corrected chi connectivity index (χ0v) is 16.1. The van der Waals surface area contributed by atoms with E-state index in [9.17, 15) is 18.0 Å². The molecule has 1 aromatic rings. The highest BCUT2D eigenvalue weighted by atomic mass is 35.5. The topological polar surface area (TPSA) is 64.4 Å². The molecule has 144 valence electrons. The number of aliphatic carboxylic acids is 1. The number of hydrogen-bond acceptors (Lipinski definition) is 4. The van der Waals surface area contributed by atoms with Crippen LogP contribution in [0.15, 0.2) is 40.0 Å². The third-order valence-electron chi connectivity index (χ3n) is 3.46. The molecule has 1 aromatic heterocycles. The number of carbonyl (C=O) groups is 1. The first-order chi connectivity index (χ1) is 12.0. The van der Waals surface area contributed by atoms with Gasteiger partial charge < -0.3 is 14.4 Å². The van der Waals surface area contributed by atoms with Crippen LogP contribution in [0.3, 0.4) is 0 Å². The summed E-state index contributed by atoms with van der Waals surface area (Å²) in [5.41, 5.74) is 0.0930. The maximum Gasteiger partial charge on any atom is 0.416 e. The summed E-state index contributed by atoms with van der Waals surface area (Å²) in [6.45, 7) is -0.0995. The summed E-state index contributed by atoms with van der Waals surface area (Å²) in [4.78, 5) is 11.7. The molecule has 0 aromatic carbocycles. The van der Waals surface area contributed by atoms with E-state index >= 15 is 0 Å². The number of halogens is 6. The van der Waals surface area contributed by atoms with E-state index in [2.05, 4.69) is 4.98 Å². The highest BCUT2D eigenvalue weighted by molar-refractivity contribution is 7.99. The number of alkyl halides is 5. The van der Waals surface area contributed by atoms with E-state index in [1.54, 1.807) is 0 Å². The minimum atomic E-state index is -4.88. The van der Waals surface area contributed by atoms with Gasteiger partial charge in [0.05, 0.1) is 17.9 Å². The molecule has 26 heavy (non-hydrogen) atoms. The Kier molecular flexibility index (Phi) is 6.48. The molecule has 2 unspecified atom stereocenters. The van der Waals surface area contributed by atoms with Gasteiger partial charge in [-0.15, -0.1) is 11.6 Å². The third-order valence-corrected chi connectivity index (χ3v) is 6.02. The smallest absolute Gasteiger partial charge is 0.416 e. The number of imidazole rings is 1. The van der Waals surface area contributed by atoms with Crippen LogP contribution in [0.1, 0.15) is 0 Å². The van der Waals surface area contributed by atoms with E-state index in [4.69, 9.17) is 44.6 Å². The van der Waals surface area contributed by atoms with Gasteiger partial charge in [0.15, 0.2) is 10.0 Å². The van der Waals surface area contributed by atoms with Crippen molar-refractivity contribution in [2.24, 2.45) is 0 Å². The zero-order chi connectivity index (χ0) is 19.7. The summed E-state index contributed by atoms with van der Waals surface area (Å²) in [5, 5.41) is 7.25. The highest BCUT2D eigenvalue weighted by Crippen LogP contribution is 2.51. The molecule has 1 aliphatic carbocycles. The molecule has 0 aliphatic heterocycles. The minimum Gasteiger partial charge on any atom is -0.498 e. The predicted octanol–water partition coefficient (Wildman–Crippen LogP) is 4.24. The van der Waals surface area contributed by atoms with E-state index in [0.29, 0.717) is 5.16 Å². The highest BCUT2D eigenvalue weighted by Gasteiger charge is 2.58. The molecule has 5 nitrogen and oxygen atoms in total. The Bertz CT molecular complexity index is 766. The average Bonchev–Trinajstić information content (AvgIpc) is 2.97. The van der Waals surface area contributed by atoms with Crippen molar-refractivity contribution < 1.29 is 27.8 Å². The Balaban J connectivity index is 2.39. The Morgan fingerprint density at radius 3 is 2.73 bits per heavy atom. The summed E-state index contributed by atoms with van der Waals surface area (Å²) in [6.07, 6.45) is -1.24. The number of hydrogen-bond donors (Lipinski definition) is 1. The van der Waals surface area contributed by atoms with Crippen LogP contribution in [0.25, 0.3) is 0 Å². The lowest BCUT2D eigenvalue weighted by Gasteiger charge is -2.34. The van der Waals surface area contributed by atoms with Crippen LogP contribution in [0.5, 0.6) is 0 Å². The van der Waals surface area contributed by atoms with Crippen molar-refractivity contribution in [2.75, 3.05) is 12.9 Å². The molecule has 0 bridgehead atoms. The molecule has 1 aliphatic rings. The van der Waals surface area contributed by atoms with Gasteiger partial charge in [-0.25, -0.2) is 4.98 Å². The van der Waals surface area contributed by atoms with Crippen molar-refractivity contribution in [2.45, 2.75) is 28.1 Å². The molecule has 1 heterocycles. The van der Waals surface area contributed by atoms with Crippen LogP contribution in [0, 0.1) is 0 Å². The van der Waals surface area contributed by atoms with Crippen molar-refractivity contribution in [1.82, 2.24) is 9.55 Å². The fraction of sp³-hybridized carbons (Fsp3) is 0.429. The van der Waals surface area contributed by atoms with E-state index in [0.717, 1.165) is 24.9 Å². The van der Waals surface area contributed by atoms with Crippen LogP contribution in [0.4, 0.5) is 13.2 Å². The molecular formula is C14H12Cl3F3N2O3S. The molecule has 1 N–H and O–H groups in total. The summed E-state index contributed by atoms with van der Waals surface area (Å²) < 4.78 is 46.8. The van der Waals surface area contributed by atoms with Crippen LogP contribution in [0.2, 0.25) is 0 Å². The van der Waals surface area contributed by atoms with E-state index < -0.39 is 27.4 Å². The second-order valence-electron chi connectivity index (χ2n) is 5.19. The predicted molar refractivity (Wildman–Crippen MR) is 92.8 cm³/mol. The van der Waals surface area contributed by atoms with Crippen molar-refractivity contribution >= 4 is 52.5 Å². The van der Waals surface area contributed by atoms with Crippen molar-refractivity contribution in [3.8, 4) is 0 Å². The van der Waals surface area contributed by atoms with Crippen LogP contribution in [-0.4, -0.2) is 49.9 Å². The van der Waals surface area contributed by atoms with E-state index in [-0.39, 0.29) is 23.6 Å². The number of methoxy groups -OCH3 is 1. The van der Waals surface area contributed by atoms with Crippen LogP contribution in [-0.2, 0) is 16.1 Å². The molecule has 2 atom stereocenters. The lowest BCUT2D eigenvalue weighted by Crippen LogP contribution is -2.43. The average molecular weight is 452 g/mol. The van der Waals surface area contributed by atoms with Gasteiger partial charge in [-0.1, -0.05) is 35.0 Å². The monoisotopic (exact) mass is 450 g/mol. The zero-order valence-electron chi connectivity index (χ0n) is 13.1. The third kappa shape index (κ3) is 4.11. The molecule has 12 heteroatoms. The van der Waals surface area contributed by atoms with Crippen molar-refractivity contribution in [3.63, 3.8) is 0 Å². The van der Waals surface area contributed by atoms with E-state index in [1.807, 2.05) is 0 Å². The molecular weight excluding hydrogens is 440 g/mol. The van der Waals surface area contributed by atoms with Gasteiger partial charge in [0, 0.05) is 18.9 Å². The summed E-state index contributed by atoms with van der Waals surface area (Å²) in [7, 11) is 1.15. The molecule has 0 fully saturated rings. The Morgan fingerprint density at radius 2 is 2.19 bits per heavy atom. The number of rotatable bonds is 6. The SMILES string of the molecule is COC1=C(Cl)C(Cl)(C(F)(F)F)C=C(Cn2ccnc2SCC(=O)O)C1Cl.